The highest BCUT2D eigenvalue weighted by molar-refractivity contribution is 7.80. The highest BCUT2D eigenvalue weighted by atomic mass is 32.1. The summed E-state index contributed by atoms with van der Waals surface area (Å²) in [7, 11) is 0. The smallest absolute Gasteiger partial charge is 0.186 e. The van der Waals surface area contributed by atoms with E-state index < -0.39 is 0 Å². The van der Waals surface area contributed by atoms with Gasteiger partial charge in [-0.05, 0) is 25.2 Å². The van der Waals surface area contributed by atoms with Crippen LogP contribution >= 0.6 is 12.2 Å². The van der Waals surface area contributed by atoms with Gasteiger partial charge in [0, 0.05) is 30.8 Å². The fraction of sp³-hybridized carbons (Fsp3) is 0.333. The van der Waals surface area contributed by atoms with Crippen molar-refractivity contribution in [1.82, 2.24) is 15.6 Å². The van der Waals surface area contributed by atoms with Gasteiger partial charge in [-0.2, -0.15) is 5.10 Å². The summed E-state index contributed by atoms with van der Waals surface area (Å²) in [4.78, 5) is 2.42. The van der Waals surface area contributed by atoms with E-state index in [9.17, 15) is 0 Å². The Labute approximate surface area is 166 Å². The second-order valence-corrected chi connectivity index (χ2v) is 6.78. The summed E-state index contributed by atoms with van der Waals surface area (Å²) in [5, 5.41) is 8.35. The van der Waals surface area contributed by atoms with Crippen molar-refractivity contribution in [3.8, 4) is 0 Å². The van der Waals surface area contributed by atoms with E-state index in [1.165, 1.54) is 0 Å². The standard InChI is InChI=1S/C21H26N4OS/c27-21(22-12-7-13-25-14-16-26-17-15-25)24-23-20(18-8-3-1-4-9-18)19-10-5-2-6-11-19/h1-6,8-11H,7,12-17H2,(H2,22,24,27). The molecule has 2 aromatic rings. The molecule has 6 heteroatoms. The van der Waals surface area contributed by atoms with Crippen LogP contribution in [0, 0.1) is 0 Å². The molecule has 0 spiro atoms. The zero-order valence-electron chi connectivity index (χ0n) is 15.4. The van der Waals surface area contributed by atoms with Crippen LogP contribution in [0.25, 0.3) is 0 Å². The average molecular weight is 383 g/mol. The predicted octanol–water partition coefficient (Wildman–Crippen LogP) is 2.63. The molecule has 1 aliphatic rings. The number of rotatable bonds is 7. The van der Waals surface area contributed by atoms with Gasteiger partial charge in [-0.25, -0.2) is 0 Å². The Bertz CT molecular complexity index is 689. The summed E-state index contributed by atoms with van der Waals surface area (Å²) in [5.74, 6) is 0. The molecule has 0 radical (unpaired) electrons. The minimum atomic E-state index is 0.543. The van der Waals surface area contributed by atoms with E-state index in [4.69, 9.17) is 17.0 Å². The number of nitrogens with one attached hydrogen (secondary N) is 2. The molecule has 5 nitrogen and oxygen atoms in total. The number of hydrogen-bond donors (Lipinski definition) is 2. The minimum absolute atomic E-state index is 0.543. The number of hydrogen-bond acceptors (Lipinski definition) is 4. The first-order valence-corrected chi connectivity index (χ1v) is 9.76. The molecule has 1 saturated heterocycles. The first kappa shape index (κ1) is 19.5. The van der Waals surface area contributed by atoms with Gasteiger partial charge < -0.3 is 10.1 Å². The number of nitrogens with zero attached hydrogens (tertiary/aromatic N) is 2. The van der Waals surface area contributed by atoms with Gasteiger partial charge in [0.2, 0.25) is 0 Å². The van der Waals surface area contributed by atoms with Gasteiger partial charge in [-0.1, -0.05) is 60.7 Å². The fourth-order valence-electron chi connectivity index (χ4n) is 2.96. The van der Waals surface area contributed by atoms with Gasteiger partial charge in [0.25, 0.3) is 0 Å². The van der Waals surface area contributed by atoms with Crippen molar-refractivity contribution in [1.29, 1.82) is 0 Å². The maximum absolute atomic E-state index is 5.38. The van der Waals surface area contributed by atoms with E-state index in [1.54, 1.807) is 0 Å². The number of hydrazone groups is 1. The summed E-state index contributed by atoms with van der Waals surface area (Å²) < 4.78 is 5.37. The first-order chi connectivity index (χ1) is 13.3. The van der Waals surface area contributed by atoms with E-state index in [1.807, 2.05) is 60.7 Å². The molecule has 0 aliphatic carbocycles. The van der Waals surface area contributed by atoms with Gasteiger partial charge in [0.15, 0.2) is 5.11 Å². The molecule has 0 atom stereocenters. The van der Waals surface area contributed by atoms with Gasteiger partial charge in [0.05, 0.1) is 18.9 Å². The molecule has 1 heterocycles. The SMILES string of the molecule is S=C(NCCCN1CCOCC1)NN=C(c1ccccc1)c1ccccc1. The van der Waals surface area contributed by atoms with Crippen molar-refractivity contribution in [2.75, 3.05) is 39.4 Å². The number of thiocarbonyl (C=S) groups is 1. The normalized spacial score (nSPS) is 14.4. The molecule has 27 heavy (non-hydrogen) atoms. The molecule has 0 saturated carbocycles. The quantitative estimate of drug-likeness (QED) is 0.334. The Kier molecular flexibility index (Phi) is 7.77. The molecule has 2 aromatic carbocycles. The Balaban J connectivity index is 1.52. The predicted molar refractivity (Wildman–Crippen MR) is 114 cm³/mol. The van der Waals surface area contributed by atoms with Crippen molar-refractivity contribution in [3.05, 3.63) is 71.8 Å². The largest absolute Gasteiger partial charge is 0.379 e. The molecule has 1 aliphatic heterocycles. The van der Waals surface area contributed by atoms with Crippen LogP contribution in [-0.4, -0.2) is 55.1 Å². The Morgan fingerprint density at radius 2 is 1.56 bits per heavy atom. The fourth-order valence-corrected chi connectivity index (χ4v) is 3.11. The van der Waals surface area contributed by atoms with Crippen LogP contribution < -0.4 is 10.7 Å². The molecule has 0 unspecified atom stereocenters. The zero-order chi connectivity index (χ0) is 18.7. The monoisotopic (exact) mass is 382 g/mol. The highest BCUT2D eigenvalue weighted by Gasteiger charge is 2.09. The maximum atomic E-state index is 5.38. The van der Waals surface area contributed by atoms with Crippen molar-refractivity contribution in [2.45, 2.75) is 6.42 Å². The van der Waals surface area contributed by atoms with E-state index >= 15 is 0 Å². The number of morpholine rings is 1. The lowest BCUT2D eigenvalue weighted by Crippen LogP contribution is -2.39. The van der Waals surface area contributed by atoms with E-state index in [-0.39, 0.29) is 0 Å². The summed E-state index contributed by atoms with van der Waals surface area (Å²) >= 11 is 5.38. The maximum Gasteiger partial charge on any atom is 0.186 e. The molecular weight excluding hydrogens is 356 g/mol. The number of benzene rings is 2. The van der Waals surface area contributed by atoms with Crippen LogP contribution in [0.5, 0.6) is 0 Å². The van der Waals surface area contributed by atoms with Crippen LogP contribution in [-0.2, 0) is 4.74 Å². The lowest BCUT2D eigenvalue weighted by molar-refractivity contribution is 0.0376. The molecule has 142 valence electrons. The summed E-state index contributed by atoms with van der Waals surface area (Å²) in [6, 6.07) is 20.2. The van der Waals surface area contributed by atoms with Crippen LogP contribution in [0.3, 0.4) is 0 Å². The lowest BCUT2D eigenvalue weighted by Gasteiger charge is -2.26. The van der Waals surface area contributed by atoms with Gasteiger partial charge >= 0.3 is 0 Å². The van der Waals surface area contributed by atoms with Crippen LogP contribution in [0.2, 0.25) is 0 Å². The van der Waals surface area contributed by atoms with Crippen molar-refractivity contribution >= 4 is 23.0 Å². The Morgan fingerprint density at radius 1 is 0.963 bits per heavy atom. The van der Waals surface area contributed by atoms with Crippen LogP contribution in [0.15, 0.2) is 65.8 Å². The second-order valence-electron chi connectivity index (χ2n) is 6.37. The van der Waals surface area contributed by atoms with Crippen LogP contribution in [0.1, 0.15) is 17.5 Å². The zero-order valence-corrected chi connectivity index (χ0v) is 16.3. The summed E-state index contributed by atoms with van der Waals surface area (Å²) in [6.45, 7) is 5.59. The number of ether oxygens (including phenoxy) is 1. The van der Waals surface area contributed by atoms with E-state index in [0.717, 1.165) is 62.7 Å². The molecule has 0 amide bonds. The van der Waals surface area contributed by atoms with Crippen molar-refractivity contribution < 1.29 is 4.74 Å². The third-order valence-electron chi connectivity index (χ3n) is 4.40. The molecular formula is C21H26N4OS. The highest BCUT2D eigenvalue weighted by Crippen LogP contribution is 2.10. The molecule has 2 N–H and O–H groups in total. The van der Waals surface area contributed by atoms with Gasteiger partial charge in [-0.3, -0.25) is 10.3 Å². The minimum Gasteiger partial charge on any atom is -0.379 e. The Morgan fingerprint density at radius 3 is 2.15 bits per heavy atom. The third kappa shape index (κ3) is 6.43. The topological polar surface area (TPSA) is 48.9 Å². The lowest BCUT2D eigenvalue weighted by atomic mass is 10.0. The van der Waals surface area contributed by atoms with Crippen molar-refractivity contribution in [3.63, 3.8) is 0 Å². The molecule has 0 aromatic heterocycles. The van der Waals surface area contributed by atoms with Gasteiger partial charge in [0.1, 0.15) is 0 Å². The van der Waals surface area contributed by atoms with E-state index in [0.29, 0.717) is 5.11 Å². The summed E-state index contributed by atoms with van der Waals surface area (Å²) in [5.41, 5.74) is 5.96. The third-order valence-corrected chi connectivity index (χ3v) is 4.64. The molecule has 3 rings (SSSR count). The second kappa shape index (κ2) is 10.8. The van der Waals surface area contributed by atoms with Crippen molar-refractivity contribution in [2.24, 2.45) is 5.10 Å². The first-order valence-electron chi connectivity index (χ1n) is 9.35. The van der Waals surface area contributed by atoms with E-state index in [2.05, 4.69) is 20.7 Å². The van der Waals surface area contributed by atoms with Crippen LogP contribution in [0.4, 0.5) is 0 Å². The Hall–Kier alpha value is -2.28. The molecule has 1 fully saturated rings. The van der Waals surface area contributed by atoms with Gasteiger partial charge in [-0.15, -0.1) is 0 Å². The average Bonchev–Trinajstić information content (AvgIpc) is 2.74. The molecule has 0 bridgehead atoms. The summed E-state index contributed by atoms with van der Waals surface area (Å²) in [6.07, 6.45) is 1.04.